The van der Waals surface area contributed by atoms with Crippen LogP contribution < -0.4 is 10.0 Å². The van der Waals surface area contributed by atoms with E-state index < -0.39 is 29.1 Å². The normalized spacial score (nSPS) is 13.4. The van der Waals surface area contributed by atoms with Gasteiger partial charge in [-0.2, -0.15) is 26.2 Å². The summed E-state index contributed by atoms with van der Waals surface area (Å²) in [6, 6.07) is 0. The summed E-state index contributed by atoms with van der Waals surface area (Å²) in [5.41, 5.74) is 0. The molecule has 0 aliphatic carbocycles. The molecule has 20 heavy (non-hydrogen) atoms. The number of nitrogens with zero attached hydrogens (tertiary/aromatic N) is 1. The minimum Gasteiger partial charge on any atom is -0.317 e. The van der Waals surface area contributed by atoms with E-state index in [1.165, 1.54) is 11.8 Å². The standard InChI is InChI=1S/C10H21F4N3O2S/c1-3-5-15-6-4-7-17(2)20(18,19)16-8-10(13,14)9(11)12/h9,15-16H,3-8H2,1-2H3. The first-order chi connectivity index (χ1) is 9.13. The molecule has 0 saturated heterocycles. The van der Waals surface area contributed by atoms with Crippen molar-refractivity contribution in [2.24, 2.45) is 0 Å². The van der Waals surface area contributed by atoms with E-state index in [0.717, 1.165) is 17.3 Å². The van der Waals surface area contributed by atoms with Crippen molar-refractivity contribution in [2.75, 3.05) is 33.2 Å². The zero-order valence-electron chi connectivity index (χ0n) is 11.5. The summed E-state index contributed by atoms with van der Waals surface area (Å²) in [4.78, 5) is 0. The Hall–Kier alpha value is -0.450. The van der Waals surface area contributed by atoms with Crippen molar-refractivity contribution in [3.63, 3.8) is 0 Å². The molecule has 0 rings (SSSR count). The third kappa shape index (κ3) is 7.36. The maximum absolute atomic E-state index is 12.6. The van der Waals surface area contributed by atoms with Gasteiger partial charge in [-0.25, -0.2) is 8.78 Å². The molecule has 5 nitrogen and oxygen atoms in total. The average molecular weight is 323 g/mol. The number of halogens is 4. The van der Waals surface area contributed by atoms with E-state index in [1.54, 1.807) is 0 Å². The molecule has 0 saturated carbocycles. The predicted octanol–water partition coefficient (Wildman–Crippen LogP) is 1.04. The van der Waals surface area contributed by atoms with Crippen LogP contribution in [0.4, 0.5) is 17.6 Å². The van der Waals surface area contributed by atoms with Crippen molar-refractivity contribution in [1.29, 1.82) is 0 Å². The highest BCUT2D eigenvalue weighted by Crippen LogP contribution is 2.21. The molecular weight excluding hydrogens is 302 g/mol. The Balaban J connectivity index is 4.16. The van der Waals surface area contributed by atoms with Gasteiger partial charge in [-0.3, -0.25) is 0 Å². The lowest BCUT2D eigenvalue weighted by Gasteiger charge is -2.20. The highest BCUT2D eigenvalue weighted by Gasteiger charge is 2.41. The maximum atomic E-state index is 12.6. The van der Waals surface area contributed by atoms with Crippen LogP contribution in [0.3, 0.4) is 0 Å². The number of hydrogen-bond acceptors (Lipinski definition) is 3. The van der Waals surface area contributed by atoms with Gasteiger partial charge < -0.3 is 5.32 Å². The Kier molecular flexibility index (Phi) is 8.56. The Morgan fingerprint density at radius 3 is 2.35 bits per heavy atom. The minimum absolute atomic E-state index is 0.103. The van der Waals surface area contributed by atoms with E-state index >= 15 is 0 Å². The molecule has 0 aliphatic heterocycles. The zero-order chi connectivity index (χ0) is 15.8. The van der Waals surface area contributed by atoms with Crippen molar-refractivity contribution in [3.8, 4) is 0 Å². The van der Waals surface area contributed by atoms with Gasteiger partial charge in [0.2, 0.25) is 0 Å². The Morgan fingerprint density at radius 2 is 1.85 bits per heavy atom. The van der Waals surface area contributed by atoms with Crippen LogP contribution in [0.15, 0.2) is 0 Å². The smallest absolute Gasteiger partial charge is 0.317 e. The molecule has 0 fully saturated rings. The molecule has 0 spiro atoms. The van der Waals surface area contributed by atoms with Crippen LogP contribution in [0, 0.1) is 0 Å². The first kappa shape index (κ1) is 19.6. The van der Waals surface area contributed by atoms with E-state index in [0.29, 0.717) is 13.0 Å². The summed E-state index contributed by atoms with van der Waals surface area (Å²) in [5, 5.41) is 3.05. The summed E-state index contributed by atoms with van der Waals surface area (Å²) in [7, 11) is -2.98. The molecule has 0 radical (unpaired) electrons. The van der Waals surface area contributed by atoms with Gasteiger partial charge in [0.25, 0.3) is 10.2 Å². The van der Waals surface area contributed by atoms with Crippen LogP contribution in [0.5, 0.6) is 0 Å². The average Bonchev–Trinajstić information content (AvgIpc) is 2.36. The Labute approximate surface area is 116 Å². The third-order valence-corrected chi connectivity index (χ3v) is 3.99. The van der Waals surface area contributed by atoms with Gasteiger partial charge in [-0.15, -0.1) is 0 Å². The quantitative estimate of drug-likeness (QED) is 0.441. The van der Waals surface area contributed by atoms with Crippen LogP contribution >= 0.6 is 0 Å². The van der Waals surface area contributed by atoms with Gasteiger partial charge in [0.05, 0.1) is 6.54 Å². The van der Waals surface area contributed by atoms with E-state index in [2.05, 4.69) is 5.32 Å². The van der Waals surface area contributed by atoms with Crippen LogP contribution in [0.2, 0.25) is 0 Å². The Bertz CT molecular complexity index is 366. The highest BCUT2D eigenvalue weighted by atomic mass is 32.2. The van der Waals surface area contributed by atoms with Gasteiger partial charge in [0.1, 0.15) is 0 Å². The molecule has 0 atom stereocenters. The van der Waals surface area contributed by atoms with E-state index in [4.69, 9.17) is 0 Å². The summed E-state index contributed by atoms with van der Waals surface area (Å²) in [6.45, 7) is 1.85. The topological polar surface area (TPSA) is 61.4 Å². The lowest BCUT2D eigenvalue weighted by molar-refractivity contribution is -0.122. The summed E-state index contributed by atoms with van der Waals surface area (Å²) < 4.78 is 74.4. The first-order valence-corrected chi connectivity index (χ1v) is 7.65. The minimum atomic E-state index is -4.38. The monoisotopic (exact) mass is 323 g/mol. The molecule has 0 bridgehead atoms. The van der Waals surface area contributed by atoms with Crippen molar-refractivity contribution < 1.29 is 26.0 Å². The molecule has 2 N–H and O–H groups in total. The fourth-order valence-electron chi connectivity index (χ4n) is 1.22. The van der Waals surface area contributed by atoms with E-state index in [9.17, 15) is 26.0 Å². The second-order valence-corrected chi connectivity index (χ2v) is 6.18. The van der Waals surface area contributed by atoms with E-state index in [-0.39, 0.29) is 6.54 Å². The molecule has 0 amide bonds. The lowest BCUT2D eigenvalue weighted by Crippen LogP contribution is -2.46. The SMILES string of the molecule is CCCNCCCN(C)S(=O)(=O)NCC(F)(F)C(F)F. The summed E-state index contributed by atoms with van der Waals surface area (Å²) >= 11 is 0. The largest absolute Gasteiger partial charge is 0.320 e. The molecule has 0 aromatic heterocycles. The van der Waals surface area contributed by atoms with Crippen LogP contribution in [-0.2, 0) is 10.2 Å². The number of rotatable bonds is 11. The summed E-state index contributed by atoms with van der Waals surface area (Å²) in [6.07, 6.45) is -2.48. The molecule has 10 heteroatoms. The van der Waals surface area contributed by atoms with Gasteiger partial charge in [-0.05, 0) is 25.9 Å². The number of alkyl halides is 4. The van der Waals surface area contributed by atoms with Crippen molar-refractivity contribution >= 4 is 10.2 Å². The first-order valence-electron chi connectivity index (χ1n) is 6.21. The van der Waals surface area contributed by atoms with Gasteiger partial charge >= 0.3 is 12.3 Å². The summed E-state index contributed by atoms with van der Waals surface area (Å²) in [5.74, 6) is -4.38. The second kappa shape index (κ2) is 8.75. The second-order valence-electron chi connectivity index (χ2n) is 4.31. The van der Waals surface area contributed by atoms with Crippen molar-refractivity contribution in [3.05, 3.63) is 0 Å². The lowest BCUT2D eigenvalue weighted by atomic mass is 10.4. The Morgan fingerprint density at radius 1 is 1.25 bits per heavy atom. The molecule has 0 aromatic rings. The predicted molar refractivity (Wildman–Crippen MR) is 68.3 cm³/mol. The van der Waals surface area contributed by atoms with Gasteiger partial charge in [-0.1, -0.05) is 6.92 Å². The van der Waals surface area contributed by atoms with Gasteiger partial charge in [0.15, 0.2) is 0 Å². The van der Waals surface area contributed by atoms with Crippen LogP contribution in [-0.4, -0.2) is 58.3 Å². The third-order valence-electron chi connectivity index (χ3n) is 2.47. The molecule has 0 unspecified atom stereocenters. The highest BCUT2D eigenvalue weighted by molar-refractivity contribution is 7.87. The maximum Gasteiger partial charge on any atom is 0.320 e. The fraction of sp³-hybridized carbons (Fsp3) is 1.00. The molecule has 0 aliphatic rings. The zero-order valence-corrected chi connectivity index (χ0v) is 12.3. The van der Waals surface area contributed by atoms with E-state index in [1.807, 2.05) is 6.92 Å². The molecule has 122 valence electrons. The number of nitrogens with one attached hydrogen (secondary N) is 2. The molecule has 0 heterocycles. The molecule has 0 aromatic carbocycles. The fourth-order valence-corrected chi connectivity index (χ4v) is 2.19. The number of hydrogen-bond donors (Lipinski definition) is 2. The van der Waals surface area contributed by atoms with Crippen LogP contribution in [0.25, 0.3) is 0 Å². The molecular formula is C10H21F4N3O2S. The van der Waals surface area contributed by atoms with Crippen molar-refractivity contribution in [2.45, 2.75) is 32.1 Å². The van der Waals surface area contributed by atoms with Crippen molar-refractivity contribution in [1.82, 2.24) is 14.3 Å². The van der Waals surface area contributed by atoms with Gasteiger partial charge in [0, 0.05) is 13.6 Å². The van der Waals surface area contributed by atoms with Crippen LogP contribution in [0.1, 0.15) is 19.8 Å².